The van der Waals surface area contributed by atoms with Crippen LogP contribution < -0.4 is 5.32 Å². The number of hydrogen-bond donors (Lipinski definition) is 1. The second-order valence-electron chi connectivity index (χ2n) is 6.47. The van der Waals surface area contributed by atoms with Gasteiger partial charge in [0, 0.05) is 31.7 Å². The van der Waals surface area contributed by atoms with E-state index in [0.29, 0.717) is 6.04 Å². The van der Waals surface area contributed by atoms with Crippen molar-refractivity contribution in [2.24, 2.45) is 11.8 Å². The number of thioether (sulfide) groups is 1. The molecule has 2 saturated heterocycles. The minimum atomic E-state index is 0.714. The van der Waals surface area contributed by atoms with E-state index in [1.54, 1.807) is 0 Å². The van der Waals surface area contributed by atoms with Crippen LogP contribution in [0.4, 0.5) is 0 Å². The second kappa shape index (κ2) is 7.90. The Morgan fingerprint density at radius 3 is 2.63 bits per heavy atom. The van der Waals surface area contributed by atoms with Crippen LogP contribution in [-0.2, 0) is 0 Å². The summed E-state index contributed by atoms with van der Waals surface area (Å²) < 4.78 is 0. The highest BCUT2D eigenvalue weighted by molar-refractivity contribution is 7.99. The Morgan fingerprint density at radius 1 is 1.26 bits per heavy atom. The summed E-state index contributed by atoms with van der Waals surface area (Å²) in [5.74, 6) is 4.55. The maximum Gasteiger partial charge on any atom is 0.0221 e. The summed E-state index contributed by atoms with van der Waals surface area (Å²) in [6.45, 7) is 10.9. The molecule has 0 bridgehead atoms. The zero-order valence-electron chi connectivity index (χ0n) is 13.0. The van der Waals surface area contributed by atoms with Gasteiger partial charge >= 0.3 is 0 Å². The van der Waals surface area contributed by atoms with Crippen molar-refractivity contribution in [2.75, 3.05) is 31.1 Å². The topological polar surface area (TPSA) is 15.3 Å². The molecule has 19 heavy (non-hydrogen) atoms. The van der Waals surface area contributed by atoms with Crippen LogP contribution in [0.15, 0.2) is 0 Å². The standard InChI is InChI=1S/C16H32N2S/c1-4-13(3)16-12-18(15(5-2)10-17-16)11-14-6-8-19-9-7-14/h13-17H,4-12H2,1-3H3. The lowest BCUT2D eigenvalue weighted by Gasteiger charge is -2.44. The van der Waals surface area contributed by atoms with Gasteiger partial charge in [0.2, 0.25) is 0 Å². The summed E-state index contributed by atoms with van der Waals surface area (Å²) in [5.41, 5.74) is 0. The average molecular weight is 285 g/mol. The predicted octanol–water partition coefficient (Wildman–Crippen LogP) is 3.23. The molecular weight excluding hydrogens is 252 g/mol. The second-order valence-corrected chi connectivity index (χ2v) is 7.70. The van der Waals surface area contributed by atoms with Crippen molar-refractivity contribution in [3.63, 3.8) is 0 Å². The van der Waals surface area contributed by atoms with Gasteiger partial charge in [0.1, 0.15) is 0 Å². The van der Waals surface area contributed by atoms with E-state index in [9.17, 15) is 0 Å². The van der Waals surface area contributed by atoms with Crippen molar-refractivity contribution in [2.45, 2.75) is 58.5 Å². The van der Waals surface area contributed by atoms with Gasteiger partial charge < -0.3 is 5.32 Å². The van der Waals surface area contributed by atoms with Gasteiger partial charge in [-0.1, -0.05) is 27.2 Å². The third-order valence-corrected chi connectivity index (χ3v) is 6.25. The molecule has 2 heterocycles. The lowest BCUT2D eigenvalue weighted by atomic mass is 9.93. The monoisotopic (exact) mass is 284 g/mol. The SMILES string of the molecule is CCC(C)C1CN(CC2CCSCC2)C(CC)CN1. The molecule has 0 radical (unpaired) electrons. The quantitative estimate of drug-likeness (QED) is 0.834. The Hall–Kier alpha value is 0.270. The van der Waals surface area contributed by atoms with Crippen LogP contribution in [0.2, 0.25) is 0 Å². The number of nitrogens with one attached hydrogen (secondary N) is 1. The van der Waals surface area contributed by atoms with Gasteiger partial charge in [-0.05, 0) is 42.6 Å². The molecule has 0 spiro atoms. The fraction of sp³-hybridized carbons (Fsp3) is 1.00. The minimum absolute atomic E-state index is 0.714. The Balaban J connectivity index is 1.89. The molecule has 2 nitrogen and oxygen atoms in total. The molecule has 3 atom stereocenters. The molecule has 2 aliphatic rings. The first-order valence-corrected chi connectivity index (χ1v) is 9.45. The van der Waals surface area contributed by atoms with Gasteiger partial charge in [-0.2, -0.15) is 11.8 Å². The summed E-state index contributed by atoms with van der Waals surface area (Å²) in [7, 11) is 0. The molecule has 0 aromatic rings. The molecule has 0 aromatic carbocycles. The zero-order valence-corrected chi connectivity index (χ0v) is 13.8. The third-order valence-electron chi connectivity index (χ3n) is 5.20. The van der Waals surface area contributed by atoms with Gasteiger partial charge in [0.05, 0.1) is 0 Å². The molecule has 3 unspecified atom stereocenters. The molecule has 2 rings (SSSR count). The summed E-state index contributed by atoms with van der Waals surface area (Å²) >= 11 is 2.15. The van der Waals surface area contributed by atoms with Gasteiger partial charge in [-0.3, -0.25) is 4.90 Å². The van der Waals surface area contributed by atoms with Crippen LogP contribution in [0, 0.1) is 11.8 Å². The van der Waals surface area contributed by atoms with E-state index in [1.165, 1.54) is 56.8 Å². The maximum atomic E-state index is 3.79. The van der Waals surface area contributed by atoms with Crippen LogP contribution in [-0.4, -0.2) is 48.1 Å². The van der Waals surface area contributed by atoms with Crippen molar-refractivity contribution in [3.05, 3.63) is 0 Å². The van der Waals surface area contributed by atoms with Gasteiger partial charge in [-0.25, -0.2) is 0 Å². The van der Waals surface area contributed by atoms with Crippen LogP contribution in [0.3, 0.4) is 0 Å². The zero-order chi connectivity index (χ0) is 13.7. The fourth-order valence-corrected chi connectivity index (χ4v) is 4.64. The van der Waals surface area contributed by atoms with E-state index in [4.69, 9.17) is 0 Å². The largest absolute Gasteiger partial charge is 0.311 e. The molecule has 0 aliphatic carbocycles. The van der Waals surface area contributed by atoms with Crippen LogP contribution in [0.1, 0.15) is 46.5 Å². The van der Waals surface area contributed by atoms with E-state index in [0.717, 1.165) is 17.9 Å². The summed E-state index contributed by atoms with van der Waals surface area (Å²) in [4.78, 5) is 2.81. The number of hydrogen-bond acceptors (Lipinski definition) is 3. The summed E-state index contributed by atoms with van der Waals surface area (Å²) in [6, 6.07) is 1.49. The van der Waals surface area contributed by atoms with E-state index < -0.39 is 0 Å². The number of nitrogens with zero attached hydrogens (tertiary/aromatic N) is 1. The molecule has 2 aliphatic heterocycles. The van der Waals surface area contributed by atoms with Gasteiger partial charge in [0.15, 0.2) is 0 Å². The van der Waals surface area contributed by atoms with Gasteiger partial charge in [-0.15, -0.1) is 0 Å². The van der Waals surface area contributed by atoms with E-state index in [-0.39, 0.29) is 0 Å². The molecule has 2 fully saturated rings. The maximum absolute atomic E-state index is 3.79. The summed E-state index contributed by atoms with van der Waals surface area (Å²) in [5, 5.41) is 3.79. The van der Waals surface area contributed by atoms with Crippen molar-refractivity contribution < 1.29 is 0 Å². The summed E-state index contributed by atoms with van der Waals surface area (Å²) in [6.07, 6.45) is 5.47. The lowest BCUT2D eigenvalue weighted by molar-refractivity contribution is 0.0876. The minimum Gasteiger partial charge on any atom is -0.311 e. The molecule has 112 valence electrons. The molecule has 3 heteroatoms. The molecule has 1 N–H and O–H groups in total. The Morgan fingerprint density at radius 2 is 2.00 bits per heavy atom. The van der Waals surface area contributed by atoms with Crippen molar-refractivity contribution >= 4 is 11.8 Å². The van der Waals surface area contributed by atoms with E-state index in [2.05, 4.69) is 42.7 Å². The van der Waals surface area contributed by atoms with Crippen LogP contribution >= 0.6 is 11.8 Å². The Labute approximate surface area is 124 Å². The van der Waals surface area contributed by atoms with Gasteiger partial charge in [0.25, 0.3) is 0 Å². The smallest absolute Gasteiger partial charge is 0.0221 e. The third kappa shape index (κ3) is 4.37. The van der Waals surface area contributed by atoms with Crippen molar-refractivity contribution in [3.8, 4) is 0 Å². The highest BCUT2D eigenvalue weighted by atomic mass is 32.2. The number of rotatable bonds is 5. The number of piperazine rings is 1. The molecular formula is C16H32N2S. The highest BCUT2D eigenvalue weighted by Gasteiger charge is 2.30. The van der Waals surface area contributed by atoms with E-state index >= 15 is 0 Å². The Bertz CT molecular complexity index is 251. The lowest BCUT2D eigenvalue weighted by Crippen LogP contribution is -2.59. The van der Waals surface area contributed by atoms with E-state index in [1.807, 2.05) is 0 Å². The Kier molecular flexibility index (Phi) is 6.51. The first-order valence-electron chi connectivity index (χ1n) is 8.29. The van der Waals surface area contributed by atoms with Crippen LogP contribution in [0.5, 0.6) is 0 Å². The van der Waals surface area contributed by atoms with Crippen LogP contribution in [0.25, 0.3) is 0 Å². The van der Waals surface area contributed by atoms with Crippen molar-refractivity contribution in [1.29, 1.82) is 0 Å². The molecule has 0 aromatic heterocycles. The molecule has 0 amide bonds. The first-order chi connectivity index (χ1) is 9.24. The van der Waals surface area contributed by atoms with Crippen molar-refractivity contribution in [1.82, 2.24) is 10.2 Å². The highest BCUT2D eigenvalue weighted by Crippen LogP contribution is 2.26. The fourth-order valence-electron chi connectivity index (χ4n) is 3.44. The first kappa shape index (κ1) is 15.7. The average Bonchev–Trinajstić information content (AvgIpc) is 2.47. The molecule has 0 saturated carbocycles. The normalized spacial score (nSPS) is 32.4. The predicted molar refractivity (Wildman–Crippen MR) is 86.9 cm³/mol.